The van der Waals surface area contributed by atoms with Crippen molar-refractivity contribution in [1.82, 2.24) is 9.80 Å². The van der Waals surface area contributed by atoms with E-state index in [1.165, 1.54) is 45.2 Å². The van der Waals surface area contributed by atoms with Crippen LogP contribution in [0.25, 0.3) is 0 Å². The van der Waals surface area contributed by atoms with Crippen LogP contribution in [-0.4, -0.2) is 81.2 Å². The molecule has 0 radical (unpaired) electrons. The van der Waals surface area contributed by atoms with E-state index in [1.807, 2.05) is 29.2 Å². The molecule has 0 spiro atoms. The average Bonchev–Trinajstić information content (AvgIpc) is 3.23. The highest BCUT2D eigenvalue weighted by molar-refractivity contribution is 6.00. The number of piperidine rings is 2. The number of ether oxygens (including phenoxy) is 2. The predicted octanol–water partition coefficient (Wildman–Crippen LogP) is 2.79. The van der Waals surface area contributed by atoms with Crippen LogP contribution in [0.1, 0.15) is 38.5 Å². The van der Waals surface area contributed by atoms with Gasteiger partial charge in [0.05, 0.1) is 19.6 Å². The van der Waals surface area contributed by atoms with Crippen molar-refractivity contribution in [3.63, 3.8) is 0 Å². The number of carbonyl (C=O) groups excluding carboxylic acids is 2. The first-order chi connectivity index (χ1) is 15.6. The Kier molecular flexibility index (Phi) is 7.68. The van der Waals surface area contributed by atoms with Crippen molar-refractivity contribution in [2.75, 3.05) is 58.5 Å². The zero-order valence-electron chi connectivity index (χ0n) is 19.5. The molecule has 7 heteroatoms. The molecule has 1 aromatic rings. The lowest BCUT2D eigenvalue weighted by Crippen LogP contribution is -2.52. The van der Waals surface area contributed by atoms with Gasteiger partial charge in [-0.25, -0.2) is 0 Å². The Morgan fingerprint density at radius 2 is 1.88 bits per heavy atom. The second-order valence-corrected chi connectivity index (χ2v) is 9.38. The fourth-order valence-electron chi connectivity index (χ4n) is 5.71. The third-order valence-corrected chi connectivity index (χ3v) is 7.42. The van der Waals surface area contributed by atoms with Crippen molar-refractivity contribution >= 4 is 17.5 Å². The Morgan fingerprint density at radius 1 is 1.09 bits per heavy atom. The standard InChI is InChI=1S/C25H37N3O4/c1-31-15-14-27(17-19-6-5-13-26-12-4-3-7-23(19)26)25(30)20-16-24(29)28(18-20)21-8-10-22(32-2)11-9-21/h8-11,19-20,23H,3-7,12-18H2,1-2H3. The maximum atomic E-state index is 13.6. The van der Waals surface area contributed by atoms with Crippen LogP contribution in [0.3, 0.4) is 0 Å². The van der Waals surface area contributed by atoms with E-state index in [0.29, 0.717) is 31.7 Å². The molecule has 4 rings (SSSR count). The molecule has 3 heterocycles. The van der Waals surface area contributed by atoms with Gasteiger partial charge in [0.1, 0.15) is 5.75 Å². The van der Waals surface area contributed by atoms with Gasteiger partial charge in [0.25, 0.3) is 0 Å². The highest BCUT2D eigenvalue weighted by atomic mass is 16.5. The van der Waals surface area contributed by atoms with Gasteiger partial charge in [-0.1, -0.05) is 6.42 Å². The second kappa shape index (κ2) is 10.7. The van der Waals surface area contributed by atoms with E-state index >= 15 is 0 Å². The van der Waals surface area contributed by atoms with Crippen LogP contribution in [0, 0.1) is 11.8 Å². The Morgan fingerprint density at radius 3 is 2.62 bits per heavy atom. The molecule has 0 N–H and O–H groups in total. The van der Waals surface area contributed by atoms with Gasteiger partial charge in [0, 0.05) is 44.9 Å². The number of methoxy groups -OCH3 is 2. The van der Waals surface area contributed by atoms with Crippen molar-refractivity contribution in [2.24, 2.45) is 11.8 Å². The van der Waals surface area contributed by atoms with Gasteiger partial charge in [0.15, 0.2) is 0 Å². The van der Waals surface area contributed by atoms with Gasteiger partial charge >= 0.3 is 0 Å². The van der Waals surface area contributed by atoms with Crippen LogP contribution < -0.4 is 9.64 Å². The number of amides is 2. The molecule has 0 aliphatic carbocycles. The Balaban J connectivity index is 1.43. The third kappa shape index (κ3) is 5.09. The molecule has 176 valence electrons. The minimum absolute atomic E-state index is 0.0105. The van der Waals surface area contributed by atoms with Crippen molar-refractivity contribution in [1.29, 1.82) is 0 Å². The lowest BCUT2D eigenvalue weighted by molar-refractivity contribution is -0.137. The molecule has 0 bridgehead atoms. The van der Waals surface area contributed by atoms with Crippen LogP contribution in [0.5, 0.6) is 5.75 Å². The van der Waals surface area contributed by atoms with Crippen LogP contribution in [0.15, 0.2) is 24.3 Å². The van der Waals surface area contributed by atoms with Gasteiger partial charge in [-0.05, 0) is 69.0 Å². The maximum Gasteiger partial charge on any atom is 0.228 e. The molecule has 7 nitrogen and oxygen atoms in total. The van der Waals surface area contributed by atoms with E-state index in [2.05, 4.69) is 4.90 Å². The Bertz CT molecular complexity index is 782. The van der Waals surface area contributed by atoms with Crippen molar-refractivity contribution < 1.29 is 19.1 Å². The van der Waals surface area contributed by atoms with E-state index < -0.39 is 0 Å². The molecule has 3 fully saturated rings. The lowest BCUT2D eigenvalue weighted by atomic mass is 9.83. The molecule has 3 saturated heterocycles. The first kappa shape index (κ1) is 23.1. The van der Waals surface area contributed by atoms with Crippen LogP contribution in [0.2, 0.25) is 0 Å². The summed E-state index contributed by atoms with van der Waals surface area (Å²) in [6, 6.07) is 8.05. The van der Waals surface area contributed by atoms with Gasteiger partial charge in [-0.15, -0.1) is 0 Å². The molecule has 0 aromatic heterocycles. The highest BCUT2D eigenvalue weighted by Gasteiger charge is 2.39. The summed E-state index contributed by atoms with van der Waals surface area (Å²) < 4.78 is 10.5. The highest BCUT2D eigenvalue weighted by Crippen LogP contribution is 2.33. The zero-order chi connectivity index (χ0) is 22.5. The molecule has 0 saturated carbocycles. The summed E-state index contributed by atoms with van der Waals surface area (Å²) in [6.45, 7) is 4.72. The van der Waals surface area contributed by atoms with Crippen LogP contribution in [-0.2, 0) is 14.3 Å². The fraction of sp³-hybridized carbons (Fsp3) is 0.680. The van der Waals surface area contributed by atoms with Gasteiger partial charge < -0.3 is 24.2 Å². The summed E-state index contributed by atoms with van der Waals surface area (Å²) in [5.41, 5.74) is 0.819. The molecule has 3 unspecified atom stereocenters. The predicted molar refractivity (Wildman–Crippen MR) is 124 cm³/mol. The number of rotatable bonds is 8. The first-order valence-corrected chi connectivity index (χ1v) is 12.1. The number of fused-ring (bicyclic) bond motifs is 1. The minimum atomic E-state index is -0.299. The van der Waals surface area contributed by atoms with Crippen molar-refractivity contribution in [2.45, 2.75) is 44.6 Å². The number of anilines is 1. The summed E-state index contributed by atoms with van der Waals surface area (Å²) in [4.78, 5) is 32.7. The summed E-state index contributed by atoms with van der Waals surface area (Å²) >= 11 is 0. The van der Waals surface area contributed by atoms with Gasteiger partial charge in [-0.2, -0.15) is 0 Å². The number of benzene rings is 1. The average molecular weight is 444 g/mol. The Labute approximate surface area is 191 Å². The normalized spacial score (nSPS) is 26.1. The molecular weight excluding hydrogens is 406 g/mol. The molecule has 2 amide bonds. The SMILES string of the molecule is COCCN(CC1CCCN2CCCCC12)C(=O)C1CC(=O)N(c2ccc(OC)cc2)C1. The Hall–Kier alpha value is -2.12. The first-order valence-electron chi connectivity index (χ1n) is 12.1. The fourth-order valence-corrected chi connectivity index (χ4v) is 5.71. The second-order valence-electron chi connectivity index (χ2n) is 9.38. The third-order valence-electron chi connectivity index (χ3n) is 7.42. The molecule has 3 atom stereocenters. The summed E-state index contributed by atoms with van der Waals surface area (Å²) in [5.74, 6) is 1.07. The number of carbonyl (C=O) groups is 2. The number of hydrogen-bond acceptors (Lipinski definition) is 5. The molecule has 1 aromatic carbocycles. The topological polar surface area (TPSA) is 62.3 Å². The monoisotopic (exact) mass is 443 g/mol. The van der Waals surface area contributed by atoms with Crippen LogP contribution >= 0.6 is 0 Å². The lowest BCUT2D eigenvalue weighted by Gasteiger charge is -2.46. The number of nitrogens with zero attached hydrogens (tertiary/aromatic N) is 3. The van der Waals surface area contributed by atoms with E-state index in [9.17, 15) is 9.59 Å². The number of hydrogen-bond donors (Lipinski definition) is 0. The van der Waals surface area contributed by atoms with E-state index in [1.54, 1.807) is 19.1 Å². The summed E-state index contributed by atoms with van der Waals surface area (Å²) in [7, 11) is 3.30. The molecular formula is C25H37N3O4. The minimum Gasteiger partial charge on any atom is -0.497 e. The van der Waals surface area contributed by atoms with Crippen LogP contribution in [0.4, 0.5) is 5.69 Å². The van der Waals surface area contributed by atoms with Gasteiger partial charge in [0.2, 0.25) is 11.8 Å². The van der Waals surface area contributed by atoms with E-state index in [4.69, 9.17) is 9.47 Å². The van der Waals surface area contributed by atoms with E-state index in [0.717, 1.165) is 18.0 Å². The quantitative estimate of drug-likeness (QED) is 0.618. The van der Waals surface area contributed by atoms with E-state index in [-0.39, 0.29) is 24.2 Å². The van der Waals surface area contributed by atoms with Crippen molar-refractivity contribution in [3.05, 3.63) is 24.3 Å². The smallest absolute Gasteiger partial charge is 0.228 e. The maximum absolute atomic E-state index is 13.6. The van der Waals surface area contributed by atoms with Crippen molar-refractivity contribution in [3.8, 4) is 5.75 Å². The molecule has 32 heavy (non-hydrogen) atoms. The summed E-state index contributed by atoms with van der Waals surface area (Å²) in [6.07, 6.45) is 6.48. The summed E-state index contributed by atoms with van der Waals surface area (Å²) in [5, 5.41) is 0. The largest absolute Gasteiger partial charge is 0.497 e. The van der Waals surface area contributed by atoms with Gasteiger partial charge in [-0.3, -0.25) is 9.59 Å². The zero-order valence-corrected chi connectivity index (χ0v) is 19.5. The molecule has 3 aliphatic rings. The molecule has 3 aliphatic heterocycles.